The SMILES string of the molecule is CCOC(=O)C1C=C(C)N(C2CC2)N1C. The van der Waals surface area contributed by atoms with E-state index in [2.05, 4.69) is 5.01 Å². The Labute approximate surface area is 90.5 Å². The molecule has 2 rings (SSSR count). The molecule has 0 aromatic rings. The zero-order chi connectivity index (χ0) is 11.0. The molecule has 0 N–H and O–H groups in total. The van der Waals surface area contributed by atoms with Crippen molar-refractivity contribution in [2.24, 2.45) is 0 Å². The van der Waals surface area contributed by atoms with E-state index in [1.54, 1.807) is 0 Å². The van der Waals surface area contributed by atoms with Crippen LogP contribution in [0.3, 0.4) is 0 Å². The second kappa shape index (κ2) is 3.85. The Morgan fingerprint density at radius 3 is 2.80 bits per heavy atom. The van der Waals surface area contributed by atoms with Gasteiger partial charge in [0.05, 0.1) is 6.61 Å². The maximum atomic E-state index is 11.7. The highest BCUT2D eigenvalue weighted by molar-refractivity contribution is 5.78. The van der Waals surface area contributed by atoms with E-state index in [1.165, 1.54) is 12.8 Å². The molecule has 0 amide bonds. The largest absolute Gasteiger partial charge is 0.465 e. The first-order valence-electron chi connectivity index (χ1n) is 5.52. The number of ether oxygens (including phenoxy) is 1. The molecule has 1 fully saturated rings. The van der Waals surface area contributed by atoms with Crippen molar-refractivity contribution in [3.63, 3.8) is 0 Å². The molecule has 1 saturated carbocycles. The molecule has 0 spiro atoms. The van der Waals surface area contributed by atoms with Crippen LogP contribution in [0.25, 0.3) is 0 Å². The highest BCUT2D eigenvalue weighted by Gasteiger charge is 2.40. The van der Waals surface area contributed by atoms with Crippen LogP contribution in [0.5, 0.6) is 0 Å². The van der Waals surface area contributed by atoms with Crippen molar-refractivity contribution in [2.75, 3.05) is 13.7 Å². The molecule has 1 atom stereocenters. The van der Waals surface area contributed by atoms with Gasteiger partial charge in [0.2, 0.25) is 0 Å². The summed E-state index contributed by atoms with van der Waals surface area (Å²) in [4.78, 5) is 11.7. The fourth-order valence-electron chi connectivity index (χ4n) is 2.11. The third-order valence-corrected chi connectivity index (χ3v) is 2.92. The van der Waals surface area contributed by atoms with E-state index in [0.717, 1.165) is 5.70 Å². The summed E-state index contributed by atoms with van der Waals surface area (Å²) >= 11 is 0. The van der Waals surface area contributed by atoms with Gasteiger partial charge in [-0.2, -0.15) is 0 Å². The van der Waals surface area contributed by atoms with Crippen LogP contribution in [0.1, 0.15) is 26.7 Å². The Hall–Kier alpha value is -1.03. The topological polar surface area (TPSA) is 32.8 Å². The number of hydrogen-bond acceptors (Lipinski definition) is 4. The van der Waals surface area contributed by atoms with Gasteiger partial charge in [0.1, 0.15) is 6.04 Å². The minimum atomic E-state index is -0.231. The molecule has 4 nitrogen and oxygen atoms in total. The van der Waals surface area contributed by atoms with E-state index in [4.69, 9.17) is 4.74 Å². The Balaban J connectivity index is 2.06. The van der Waals surface area contributed by atoms with Gasteiger partial charge in [-0.1, -0.05) is 0 Å². The molecular weight excluding hydrogens is 192 g/mol. The molecule has 0 saturated heterocycles. The number of carbonyl (C=O) groups excluding carboxylic acids is 1. The monoisotopic (exact) mass is 210 g/mol. The highest BCUT2D eigenvalue weighted by Crippen LogP contribution is 2.35. The Morgan fingerprint density at radius 1 is 1.60 bits per heavy atom. The summed E-state index contributed by atoms with van der Waals surface area (Å²) in [6, 6.07) is 0.372. The zero-order valence-corrected chi connectivity index (χ0v) is 9.56. The van der Waals surface area contributed by atoms with Crippen LogP contribution in [0.4, 0.5) is 0 Å². The molecule has 15 heavy (non-hydrogen) atoms. The van der Waals surface area contributed by atoms with Crippen LogP contribution in [0, 0.1) is 0 Å². The lowest BCUT2D eigenvalue weighted by Crippen LogP contribution is -2.44. The van der Waals surface area contributed by atoms with Gasteiger partial charge in [0.25, 0.3) is 0 Å². The molecule has 1 unspecified atom stereocenters. The molecule has 0 bridgehead atoms. The van der Waals surface area contributed by atoms with Crippen molar-refractivity contribution in [1.29, 1.82) is 0 Å². The summed E-state index contributed by atoms with van der Waals surface area (Å²) in [5.74, 6) is -0.150. The Morgan fingerprint density at radius 2 is 2.27 bits per heavy atom. The number of hydrazine groups is 1. The lowest BCUT2D eigenvalue weighted by molar-refractivity contribution is -0.150. The van der Waals surface area contributed by atoms with Gasteiger partial charge < -0.3 is 9.75 Å². The molecule has 1 heterocycles. The molecule has 1 aliphatic heterocycles. The molecule has 1 aliphatic carbocycles. The van der Waals surface area contributed by atoms with E-state index in [9.17, 15) is 4.79 Å². The van der Waals surface area contributed by atoms with E-state index >= 15 is 0 Å². The van der Waals surface area contributed by atoms with Crippen molar-refractivity contribution in [2.45, 2.75) is 38.8 Å². The second-order valence-electron chi connectivity index (χ2n) is 4.15. The molecule has 0 aromatic heterocycles. The van der Waals surface area contributed by atoms with Crippen LogP contribution < -0.4 is 0 Å². The summed E-state index contributed by atoms with van der Waals surface area (Å²) < 4.78 is 5.04. The normalized spacial score (nSPS) is 26.7. The summed E-state index contributed by atoms with van der Waals surface area (Å²) in [5.41, 5.74) is 1.16. The summed E-state index contributed by atoms with van der Waals surface area (Å²) in [7, 11) is 1.95. The van der Waals surface area contributed by atoms with E-state index in [1.807, 2.05) is 32.0 Å². The van der Waals surface area contributed by atoms with E-state index < -0.39 is 0 Å². The van der Waals surface area contributed by atoms with Gasteiger partial charge in [-0.05, 0) is 32.8 Å². The van der Waals surface area contributed by atoms with Crippen LogP contribution in [-0.4, -0.2) is 41.7 Å². The van der Waals surface area contributed by atoms with Crippen molar-refractivity contribution in [1.82, 2.24) is 10.0 Å². The van der Waals surface area contributed by atoms with Crippen LogP contribution >= 0.6 is 0 Å². The first-order chi connectivity index (χ1) is 7.15. The second-order valence-corrected chi connectivity index (χ2v) is 4.15. The molecular formula is C11H18N2O2. The third-order valence-electron chi connectivity index (χ3n) is 2.92. The van der Waals surface area contributed by atoms with E-state index in [-0.39, 0.29) is 12.0 Å². The zero-order valence-electron chi connectivity index (χ0n) is 9.56. The first-order valence-corrected chi connectivity index (χ1v) is 5.52. The molecule has 4 heteroatoms. The summed E-state index contributed by atoms with van der Waals surface area (Å²) in [6.07, 6.45) is 4.44. The number of nitrogens with zero attached hydrogens (tertiary/aromatic N) is 2. The standard InChI is InChI=1S/C11H18N2O2/c1-4-15-11(14)10-7-8(2)13(12(10)3)9-5-6-9/h7,9-10H,4-6H2,1-3H3. The minimum Gasteiger partial charge on any atom is -0.465 e. The summed E-state index contributed by atoms with van der Waals surface area (Å²) in [6.45, 7) is 4.33. The summed E-state index contributed by atoms with van der Waals surface area (Å²) in [5, 5.41) is 4.20. The van der Waals surface area contributed by atoms with Gasteiger partial charge in [0, 0.05) is 18.8 Å². The lowest BCUT2D eigenvalue weighted by atomic mass is 10.3. The first kappa shape index (κ1) is 10.5. The maximum Gasteiger partial charge on any atom is 0.329 e. The fraction of sp³-hybridized carbons (Fsp3) is 0.727. The van der Waals surface area contributed by atoms with Gasteiger partial charge in [-0.3, -0.25) is 0 Å². The van der Waals surface area contributed by atoms with Crippen LogP contribution in [-0.2, 0) is 9.53 Å². The van der Waals surface area contributed by atoms with Crippen molar-refractivity contribution in [3.8, 4) is 0 Å². The smallest absolute Gasteiger partial charge is 0.329 e. The molecule has 0 radical (unpaired) electrons. The lowest BCUT2D eigenvalue weighted by Gasteiger charge is -2.31. The predicted octanol–water partition coefficient (Wildman–Crippen LogP) is 1.15. The number of allylic oxidation sites excluding steroid dienone is 1. The molecule has 0 aromatic carbocycles. The average molecular weight is 210 g/mol. The Kier molecular flexibility index (Phi) is 2.69. The van der Waals surface area contributed by atoms with Crippen molar-refractivity contribution >= 4 is 5.97 Å². The van der Waals surface area contributed by atoms with Gasteiger partial charge in [0.15, 0.2) is 0 Å². The van der Waals surface area contributed by atoms with Gasteiger partial charge >= 0.3 is 5.97 Å². The molecule has 84 valence electrons. The minimum absolute atomic E-state index is 0.150. The van der Waals surface area contributed by atoms with Gasteiger partial charge in [-0.25, -0.2) is 9.80 Å². The van der Waals surface area contributed by atoms with Gasteiger partial charge in [-0.15, -0.1) is 0 Å². The Bertz CT molecular complexity index is 297. The van der Waals surface area contributed by atoms with Crippen molar-refractivity contribution < 1.29 is 9.53 Å². The third kappa shape index (κ3) is 1.86. The average Bonchev–Trinajstić information content (AvgIpc) is 2.95. The van der Waals surface area contributed by atoms with Crippen LogP contribution in [0.2, 0.25) is 0 Å². The van der Waals surface area contributed by atoms with E-state index in [0.29, 0.717) is 12.6 Å². The number of hydrogen-bond donors (Lipinski definition) is 0. The highest BCUT2D eigenvalue weighted by atomic mass is 16.5. The van der Waals surface area contributed by atoms with Crippen LogP contribution in [0.15, 0.2) is 11.8 Å². The maximum absolute atomic E-state index is 11.7. The number of rotatable bonds is 3. The fourth-order valence-corrected chi connectivity index (χ4v) is 2.11. The quantitative estimate of drug-likeness (QED) is 0.654. The number of carbonyl (C=O) groups is 1. The predicted molar refractivity (Wildman–Crippen MR) is 56.8 cm³/mol. The molecule has 2 aliphatic rings. The van der Waals surface area contributed by atoms with Crippen molar-refractivity contribution in [3.05, 3.63) is 11.8 Å². The number of likely N-dealkylation sites (N-methyl/N-ethyl adjacent to an activating group) is 1. The number of esters is 1.